The van der Waals surface area contributed by atoms with Crippen molar-refractivity contribution >= 4 is 17.4 Å². The molecule has 0 fully saturated rings. The van der Waals surface area contributed by atoms with Gasteiger partial charge in [0.15, 0.2) is 5.78 Å². The standard InChI is InChI=1S/C12H17ClN2O/c1-2-3-4-11(14)12(16)7-9-5-6-15-8-10(9)13/h5-6,8,11H,2-4,7,14H2,1H3. The van der Waals surface area contributed by atoms with E-state index in [2.05, 4.69) is 11.9 Å². The topological polar surface area (TPSA) is 56.0 Å². The fourth-order valence-electron chi connectivity index (χ4n) is 1.45. The molecule has 0 bridgehead atoms. The minimum absolute atomic E-state index is 0.0431. The summed E-state index contributed by atoms with van der Waals surface area (Å²) in [6.07, 6.45) is 6.26. The third-order valence-corrected chi connectivity index (χ3v) is 2.84. The van der Waals surface area contributed by atoms with Gasteiger partial charge in [-0.05, 0) is 18.1 Å². The Kier molecular flexibility index (Phi) is 5.43. The van der Waals surface area contributed by atoms with Gasteiger partial charge in [-0.25, -0.2) is 0 Å². The first kappa shape index (κ1) is 13.1. The molecule has 1 aromatic rings. The lowest BCUT2D eigenvalue weighted by Gasteiger charge is -2.10. The largest absolute Gasteiger partial charge is 0.321 e. The van der Waals surface area contributed by atoms with Gasteiger partial charge < -0.3 is 5.73 Å². The lowest BCUT2D eigenvalue weighted by atomic mass is 10.0. The molecule has 0 aromatic carbocycles. The fourth-order valence-corrected chi connectivity index (χ4v) is 1.64. The van der Waals surface area contributed by atoms with E-state index in [1.165, 1.54) is 0 Å². The second-order valence-corrected chi connectivity index (χ2v) is 4.27. The maximum atomic E-state index is 11.8. The second-order valence-electron chi connectivity index (χ2n) is 3.86. The first-order chi connectivity index (χ1) is 7.65. The highest BCUT2D eigenvalue weighted by atomic mass is 35.5. The summed E-state index contributed by atoms with van der Waals surface area (Å²) in [4.78, 5) is 15.6. The second kappa shape index (κ2) is 6.61. The quantitative estimate of drug-likeness (QED) is 0.831. The number of aromatic nitrogens is 1. The molecular weight excluding hydrogens is 224 g/mol. The number of nitrogens with zero attached hydrogens (tertiary/aromatic N) is 1. The van der Waals surface area contributed by atoms with Crippen molar-refractivity contribution in [3.8, 4) is 0 Å². The molecule has 4 heteroatoms. The van der Waals surface area contributed by atoms with E-state index >= 15 is 0 Å². The Hall–Kier alpha value is -0.930. The summed E-state index contributed by atoms with van der Waals surface area (Å²) < 4.78 is 0. The predicted molar refractivity (Wildman–Crippen MR) is 65.5 cm³/mol. The number of nitrogens with two attached hydrogens (primary N) is 1. The fraction of sp³-hybridized carbons (Fsp3) is 0.500. The summed E-state index contributed by atoms with van der Waals surface area (Å²) in [6, 6.07) is 1.39. The third kappa shape index (κ3) is 3.91. The molecule has 0 saturated heterocycles. The number of pyridine rings is 1. The van der Waals surface area contributed by atoms with Crippen LogP contribution >= 0.6 is 11.6 Å². The van der Waals surface area contributed by atoms with Crippen molar-refractivity contribution in [2.45, 2.75) is 38.6 Å². The Morgan fingerprint density at radius 3 is 3.00 bits per heavy atom. The summed E-state index contributed by atoms with van der Waals surface area (Å²) in [7, 11) is 0. The number of rotatable bonds is 6. The summed E-state index contributed by atoms with van der Waals surface area (Å²) >= 11 is 5.92. The van der Waals surface area contributed by atoms with E-state index in [4.69, 9.17) is 17.3 Å². The highest BCUT2D eigenvalue weighted by Gasteiger charge is 2.14. The number of Topliss-reactive ketones (excluding diaryl/α,β-unsaturated/α-hetero) is 1. The summed E-state index contributed by atoms with van der Waals surface area (Å²) in [5.41, 5.74) is 6.59. The number of hydrogen-bond acceptors (Lipinski definition) is 3. The van der Waals surface area contributed by atoms with Gasteiger partial charge in [0.1, 0.15) is 0 Å². The number of halogens is 1. The van der Waals surface area contributed by atoms with Crippen molar-refractivity contribution in [2.24, 2.45) is 5.73 Å². The van der Waals surface area contributed by atoms with E-state index in [1.54, 1.807) is 18.5 Å². The molecule has 1 heterocycles. The van der Waals surface area contributed by atoms with Gasteiger partial charge in [-0.15, -0.1) is 0 Å². The van der Waals surface area contributed by atoms with Gasteiger partial charge in [0.25, 0.3) is 0 Å². The van der Waals surface area contributed by atoms with Gasteiger partial charge in [-0.1, -0.05) is 31.4 Å². The smallest absolute Gasteiger partial charge is 0.153 e. The highest BCUT2D eigenvalue weighted by Crippen LogP contribution is 2.15. The molecule has 0 radical (unpaired) electrons. The molecule has 3 nitrogen and oxygen atoms in total. The molecule has 0 amide bonds. The van der Waals surface area contributed by atoms with Gasteiger partial charge in [0, 0.05) is 18.8 Å². The lowest BCUT2D eigenvalue weighted by molar-refractivity contribution is -0.119. The molecular formula is C12H17ClN2O. The van der Waals surface area contributed by atoms with Crippen LogP contribution in [0.1, 0.15) is 31.7 Å². The molecule has 0 saturated carbocycles. The number of carbonyl (C=O) groups excluding carboxylic acids is 1. The number of unbranched alkanes of at least 4 members (excludes halogenated alkanes) is 1. The van der Waals surface area contributed by atoms with Gasteiger partial charge in [0.05, 0.1) is 11.1 Å². The Morgan fingerprint density at radius 2 is 2.38 bits per heavy atom. The van der Waals surface area contributed by atoms with E-state index in [0.29, 0.717) is 11.4 Å². The van der Waals surface area contributed by atoms with E-state index < -0.39 is 0 Å². The van der Waals surface area contributed by atoms with Crippen LogP contribution in [0.25, 0.3) is 0 Å². The van der Waals surface area contributed by atoms with E-state index in [1.807, 2.05) is 0 Å². The van der Waals surface area contributed by atoms with Crippen molar-refractivity contribution in [3.05, 3.63) is 29.0 Å². The van der Waals surface area contributed by atoms with Gasteiger partial charge in [-0.3, -0.25) is 9.78 Å². The van der Waals surface area contributed by atoms with Crippen LogP contribution in [0.15, 0.2) is 18.5 Å². The lowest BCUT2D eigenvalue weighted by Crippen LogP contribution is -2.31. The predicted octanol–water partition coefficient (Wildman–Crippen LogP) is 2.36. The monoisotopic (exact) mass is 240 g/mol. The molecule has 1 atom stereocenters. The first-order valence-corrected chi connectivity index (χ1v) is 5.89. The average molecular weight is 241 g/mol. The van der Waals surface area contributed by atoms with Gasteiger partial charge in [-0.2, -0.15) is 0 Å². The maximum Gasteiger partial charge on any atom is 0.153 e. The molecule has 0 spiro atoms. The molecule has 88 valence electrons. The zero-order valence-corrected chi connectivity index (χ0v) is 10.2. The summed E-state index contributed by atoms with van der Waals surface area (Å²) in [5.74, 6) is 0.0431. The number of hydrogen-bond donors (Lipinski definition) is 1. The number of ketones is 1. The zero-order chi connectivity index (χ0) is 12.0. The van der Waals surface area contributed by atoms with Crippen LogP contribution < -0.4 is 5.73 Å². The molecule has 1 rings (SSSR count). The van der Waals surface area contributed by atoms with Crippen molar-refractivity contribution < 1.29 is 4.79 Å². The third-order valence-electron chi connectivity index (χ3n) is 2.50. The van der Waals surface area contributed by atoms with Crippen LogP contribution in [-0.2, 0) is 11.2 Å². The summed E-state index contributed by atoms with van der Waals surface area (Å²) in [5, 5.41) is 0.526. The van der Waals surface area contributed by atoms with Crippen LogP contribution in [0.5, 0.6) is 0 Å². The molecule has 1 unspecified atom stereocenters. The van der Waals surface area contributed by atoms with Crippen LogP contribution in [-0.4, -0.2) is 16.8 Å². The van der Waals surface area contributed by atoms with Crippen LogP contribution in [0.3, 0.4) is 0 Å². The van der Waals surface area contributed by atoms with Crippen molar-refractivity contribution in [3.63, 3.8) is 0 Å². The molecule has 1 aromatic heterocycles. The van der Waals surface area contributed by atoms with Crippen LogP contribution in [0, 0.1) is 0 Å². The molecule has 2 N–H and O–H groups in total. The minimum atomic E-state index is -0.371. The number of carbonyl (C=O) groups is 1. The van der Waals surface area contributed by atoms with Crippen molar-refractivity contribution in [1.29, 1.82) is 0 Å². The molecule has 16 heavy (non-hydrogen) atoms. The van der Waals surface area contributed by atoms with E-state index in [0.717, 1.165) is 24.8 Å². The van der Waals surface area contributed by atoms with Gasteiger partial charge in [0.2, 0.25) is 0 Å². The Bertz CT molecular complexity index is 355. The Labute approximate surface area is 101 Å². The SMILES string of the molecule is CCCCC(N)C(=O)Cc1ccncc1Cl. The van der Waals surface area contributed by atoms with Crippen molar-refractivity contribution in [1.82, 2.24) is 4.98 Å². The first-order valence-electron chi connectivity index (χ1n) is 5.51. The summed E-state index contributed by atoms with van der Waals surface area (Å²) in [6.45, 7) is 2.08. The normalized spacial score (nSPS) is 12.4. The van der Waals surface area contributed by atoms with Gasteiger partial charge >= 0.3 is 0 Å². The van der Waals surface area contributed by atoms with Crippen LogP contribution in [0.4, 0.5) is 0 Å². The highest BCUT2D eigenvalue weighted by molar-refractivity contribution is 6.31. The van der Waals surface area contributed by atoms with E-state index in [-0.39, 0.29) is 11.8 Å². The Morgan fingerprint density at radius 1 is 1.62 bits per heavy atom. The zero-order valence-electron chi connectivity index (χ0n) is 9.45. The molecule has 0 aliphatic heterocycles. The molecule has 0 aliphatic rings. The van der Waals surface area contributed by atoms with E-state index in [9.17, 15) is 4.79 Å². The van der Waals surface area contributed by atoms with Crippen LogP contribution in [0.2, 0.25) is 5.02 Å². The minimum Gasteiger partial charge on any atom is -0.321 e. The maximum absolute atomic E-state index is 11.8. The van der Waals surface area contributed by atoms with Crippen molar-refractivity contribution in [2.75, 3.05) is 0 Å². The Balaban J connectivity index is 2.54. The average Bonchev–Trinajstić information content (AvgIpc) is 2.28. The molecule has 0 aliphatic carbocycles.